The van der Waals surface area contributed by atoms with E-state index in [9.17, 15) is 8.42 Å². The summed E-state index contributed by atoms with van der Waals surface area (Å²) in [7, 11) is -3.12. The summed E-state index contributed by atoms with van der Waals surface area (Å²) in [6, 6.07) is 0. The van der Waals surface area contributed by atoms with Gasteiger partial charge in [-0.2, -0.15) is 0 Å². The van der Waals surface area contributed by atoms with E-state index in [1.54, 1.807) is 11.3 Å². The maximum absolute atomic E-state index is 11.6. The summed E-state index contributed by atoms with van der Waals surface area (Å²) in [5.74, 6) is 1.16. The zero-order chi connectivity index (χ0) is 18.9. The summed E-state index contributed by atoms with van der Waals surface area (Å²) in [6.45, 7) is 11.1. The quantitative estimate of drug-likeness (QED) is 0.363. The average Bonchev–Trinajstić information content (AvgIpc) is 3.00. The van der Waals surface area contributed by atoms with Crippen molar-refractivity contribution in [3.05, 3.63) is 16.1 Å². The second-order valence-electron chi connectivity index (χ2n) is 6.05. The highest BCUT2D eigenvalue weighted by atomic mass is 32.2. The molecule has 0 spiro atoms. The van der Waals surface area contributed by atoms with Crippen molar-refractivity contribution in [1.29, 1.82) is 0 Å². The van der Waals surface area contributed by atoms with E-state index in [1.165, 1.54) is 10.6 Å². The Hall–Kier alpha value is -1.19. The molecule has 1 heterocycles. The molecule has 0 bridgehead atoms. The minimum Gasteiger partial charge on any atom is -0.357 e. The predicted molar refractivity (Wildman–Crippen MR) is 106 cm³/mol. The van der Waals surface area contributed by atoms with E-state index >= 15 is 0 Å². The molecule has 0 unspecified atom stereocenters. The number of sulfonamides is 1. The highest BCUT2D eigenvalue weighted by Gasteiger charge is 2.13. The largest absolute Gasteiger partial charge is 0.357 e. The van der Waals surface area contributed by atoms with Crippen LogP contribution in [-0.2, 0) is 16.6 Å². The van der Waals surface area contributed by atoms with Crippen molar-refractivity contribution in [3.63, 3.8) is 0 Å². The van der Waals surface area contributed by atoms with Crippen LogP contribution >= 0.6 is 11.3 Å². The molecule has 7 nitrogen and oxygen atoms in total. The number of nitrogens with one attached hydrogen (secondary N) is 2. The molecule has 9 heteroatoms. The van der Waals surface area contributed by atoms with Crippen LogP contribution in [0.3, 0.4) is 0 Å². The molecule has 0 aliphatic heterocycles. The van der Waals surface area contributed by atoms with Crippen molar-refractivity contribution in [2.24, 2.45) is 4.99 Å². The second kappa shape index (κ2) is 10.7. The van der Waals surface area contributed by atoms with Gasteiger partial charge in [-0.1, -0.05) is 20.8 Å². The van der Waals surface area contributed by atoms with Gasteiger partial charge in [0.05, 0.1) is 18.5 Å². The van der Waals surface area contributed by atoms with Gasteiger partial charge in [-0.25, -0.2) is 22.7 Å². The van der Waals surface area contributed by atoms with Crippen molar-refractivity contribution in [2.45, 2.75) is 46.6 Å². The molecule has 0 saturated carbocycles. The van der Waals surface area contributed by atoms with Crippen LogP contribution in [0.5, 0.6) is 0 Å². The molecule has 0 aliphatic carbocycles. The summed E-state index contributed by atoms with van der Waals surface area (Å²) < 4.78 is 24.6. The van der Waals surface area contributed by atoms with Gasteiger partial charge in [0.15, 0.2) is 5.96 Å². The van der Waals surface area contributed by atoms with Gasteiger partial charge in [0, 0.05) is 31.6 Å². The number of guanidine groups is 1. The molecule has 0 atom stereocenters. The van der Waals surface area contributed by atoms with Crippen LogP contribution in [0.25, 0.3) is 0 Å². The normalized spacial score (nSPS) is 12.8. The molecule has 2 N–H and O–H groups in total. The molecule has 0 aliphatic rings. The van der Waals surface area contributed by atoms with Gasteiger partial charge < -0.3 is 10.6 Å². The molecule has 0 saturated heterocycles. The van der Waals surface area contributed by atoms with Crippen LogP contribution < -0.4 is 10.6 Å². The van der Waals surface area contributed by atoms with Crippen LogP contribution in [0.15, 0.2) is 10.4 Å². The fourth-order valence-electron chi connectivity index (χ4n) is 2.17. The highest BCUT2D eigenvalue weighted by Crippen LogP contribution is 2.18. The maximum atomic E-state index is 11.6. The van der Waals surface area contributed by atoms with E-state index in [2.05, 4.69) is 39.8 Å². The smallest absolute Gasteiger partial charge is 0.211 e. The van der Waals surface area contributed by atoms with Crippen molar-refractivity contribution in [1.82, 2.24) is 19.9 Å². The standard InChI is InChI=1S/C16H31N5O2S2/c1-6-17-16(18-9-8-10-21(7-2)25(5,22)23)19-11-15-20-14(12-24-15)13(3)4/h12-13H,6-11H2,1-5H3,(H2,17,18,19). The molecule has 1 rings (SSSR count). The molecule has 1 aromatic heterocycles. The van der Waals surface area contributed by atoms with E-state index in [4.69, 9.17) is 0 Å². The third-order valence-electron chi connectivity index (χ3n) is 3.58. The number of hydrogen-bond donors (Lipinski definition) is 2. The molecule has 0 amide bonds. The zero-order valence-corrected chi connectivity index (χ0v) is 17.5. The first-order chi connectivity index (χ1) is 11.8. The average molecular weight is 390 g/mol. The Balaban J connectivity index is 2.50. The number of thiazole rings is 1. The van der Waals surface area contributed by atoms with Crippen molar-refractivity contribution >= 4 is 27.3 Å². The fourth-order valence-corrected chi connectivity index (χ4v) is 3.98. The van der Waals surface area contributed by atoms with Crippen LogP contribution in [0.4, 0.5) is 0 Å². The summed E-state index contributed by atoms with van der Waals surface area (Å²) >= 11 is 1.63. The molecule has 25 heavy (non-hydrogen) atoms. The van der Waals surface area contributed by atoms with Gasteiger partial charge in [-0.15, -0.1) is 11.3 Å². The van der Waals surface area contributed by atoms with E-state index < -0.39 is 10.0 Å². The molecule has 0 fully saturated rings. The second-order valence-corrected chi connectivity index (χ2v) is 8.98. The van der Waals surface area contributed by atoms with Crippen molar-refractivity contribution < 1.29 is 8.42 Å². The Morgan fingerprint density at radius 3 is 2.60 bits per heavy atom. The predicted octanol–water partition coefficient (Wildman–Crippen LogP) is 1.99. The van der Waals surface area contributed by atoms with Gasteiger partial charge >= 0.3 is 0 Å². The van der Waals surface area contributed by atoms with E-state index in [0.717, 1.165) is 29.6 Å². The van der Waals surface area contributed by atoms with Crippen LogP contribution in [0, 0.1) is 0 Å². The monoisotopic (exact) mass is 389 g/mol. The van der Waals surface area contributed by atoms with Gasteiger partial charge in [0.2, 0.25) is 10.0 Å². The third kappa shape index (κ3) is 8.15. The molecular formula is C16H31N5O2S2. The van der Waals surface area contributed by atoms with Crippen molar-refractivity contribution in [3.8, 4) is 0 Å². The van der Waals surface area contributed by atoms with Gasteiger partial charge in [-0.3, -0.25) is 0 Å². The Morgan fingerprint density at radius 1 is 1.36 bits per heavy atom. The van der Waals surface area contributed by atoms with Gasteiger partial charge in [-0.05, 0) is 19.3 Å². The number of aliphatic imine (C=N–C) groups is 1. The Labute approximate surface area is 156 Å². The highest BCUT2D eigenvalue weighted by molar-refractivity contribution is 7.88. The Morgan fingerprint density at radius 2 is 2.08 bits per heavy atom. The minimum absolute atomic E-state index is 0.427. The lowest BCUT2D eigenvalue weighted by molar-refractivity contribution is 0.424. The van der Waals surface area contributed by atoms with Crippen LogP contribution in [-0.4, -0.2) is 56.1 Å². The Kier molecular flexibility index (Phi) is 9.37. The topological polar surface area (TPSA) is 86.7 Å². The lowest BCUT2D eigenvalue weighted by Crippen LogP contribution is -2.39. The first kappa shape index (κ1) is 21.9. The van der Waals surface area contributed by atoms with E-state index in [0.29, 0.717) is 32.1 Å². The first-order valence-electron chi connectivity index (χ1n) is 8.69. The molecule has 144 valence electrons. The summed E-state index contributed by atoms with van der Waals surface area (Å²) in [5.41, 5.74) is 1.11. The lowest BCUT2D eigenvalue weighted by Gasteiger charge is -2.18. The fraction of sp³-hybridized carbons (Fsp3) is 0.750. The first-order valence-corrected chi connectivity index (χ1v) is 11.4. The number of hydrogen-bond acceptors (Lipinski definition) is 5. The minimum atomic E-state index is -3.12. The van der Waals surface area contributed by atoms with E-state index in [1.807, 2.05) is 13.8 Å². The molecular weight excluding hydrogens is 358 g/mol. The number of aromatic nitrogens is 1. The van der Waals surface area contributed by atoms with Gasteiger partial charge in [0.1, 0.15) is 5.01 Å². The molecule has 1 aromatic rings. The lowest BCUT2D eigenvalue weighted by atomic mass is 10.2. The third-order valence-corrected chi connectivity index (χ3v) is 5.81. The molecule has 0 radical (unpaired) electrons. The number of rotatable bonds is 10. The SMILES string of the molecule is CCNC(=NCc1nc(C(C)C)cs1)NCCCN(CC)S(C)(=O)=O. The zero-order valence-electron chi connectivity index (χ0n) is 15.9. The van der Waals surface area contributed by atoms with Crippen LogP contribution in [0.2, 0.25) is 0 Å². The van der Waals surface area contributed by atoms with Gasteiger partial charge in [0.25, 0.3) is 0 Å². The maximum Gasteiger partial charge on any atom is 0.211 e. The summed E-state index contributed by atoms with van der Waals surface area (Å²) in [5, 5.41) is 9.52. The molecule has 0 aromatic carbocycles. The number of nitrogens with zero attached hydrogens (tertiary/aromatic N) is 3. The Bertz CT molecular complexity index is 641. The summed E-state index contributed by atoms with van der Waals surface area (Å²) in [4.78, 5) is 9.13. The van der Waals surface area contributed by atoms with E-state index in [-0.39, 0.29) is 0 Å². The summed E-state index contributed by atoms with van der Waals surface area (Å²) in [6.07, 6.45) is 1.97. The van der Waals surface area contributed by atoms with Crippen molar-refractivity contribution in [2.75, 3.05) is 32.4 Å². The van der Waals surface area contributed by atoms with Crippen LogP contribution in [0.1, 0.15) is 50.7 Å².